The van der Waals surface area contributed by atoms with Gasteiger partial charge in [0.2, 0.25) is 0 Å². The van der Waals surface area contributed by atoms with E-state index in [0.29, 0.717) is 36.1 Å². The fourth-order valence-corrected chi connectivity index (χ4v) is 5.45. The molecule has 4 nitrogen and oxygen atoms in total. The van der Waals surface area contributed by atoms with Crippen LogP contribution >= 0.6 is 15.9 Å². The maximum atomic E-state index is 13.9. The maximum absolute atomic E-state index is 13.9. The Bertz CT molecular complexity index is 1130. The van der Waals surface area contributed by atoms with Crippen LogP contribution in [0.4, 0.5) is 4.39 Å². The van der Waals surface area contributed by atoms with Gasteiger partial charge in [0, 0.05) is 36.7 Å². The summed E-state index contributed by atoms with van der Waals surface area (Å²) in [5.41, 5.74) is 4.20. The van der Waals surface area contributed by atoms with Gasteiger partial charge in [-0.15, -0.1) is 0 Å². The Kier molecular flexibility index (Phi) is 5.44. The first-order valence-electron chi connectivity index (χ1n) is 10.6. The van der Waals surface area contributed by atoms with Crippen LogP contribution in [0.1, 0.15) is 36.3 Å². The lowest BCUT2D eigenvalue weighted by molar-refractivity contribution is -0.122. The topological polar surface area (TPSA) is 49.7 Å². The first kappa shape index (κ1) is 20.5. The molecule has 2 aliphatic heterocycles. The van der Waals surface area contributed by atoms with Crippen molar-refractivity contribution in [3.8, 4) is 0 Å². The fourth-order valence-electron chi connectivity index (χ4n) is 5.05. The van der Waals surface area contributed by atoms with Crippen molar-refractivity contribution in [2.24, 2.45) is 10.9 Å². The molecule has 2 unspecified atom stereocenters. The second-order valence-electron chi connectivity index (χ2n) is 8.47. The summed E-state index contributed by atoms with van der Waals surface area (Å²) in [4.78, 5) is 33.3. The molecule has 1 fully saturated rings. The van der Waals surface area contributed by atoms with Gasteiger partial charge in [0.05, 0.1) is 22.6 Å². The number of Topliss-reactive ketones (excluding diaryl/α,β-unsaturated/α-hetero) is 2. The molecule has 2 atom stereocenters. The van der Waals surface area contributed by atoms with Crippen LogP contribution in [-0.2, 0) is 16.1 Å². The molecule has 1 saturated carbocycles. The molecular weight excluding hydrogens is 459 g/mol. The second kappa shape index (κ2) is 8.24. The minimum Gasteiger partial charge on any atom is -0.299 e. The van der Waals surface area contributed by atoms with Crippen LogP contribution in [0.5, 0.6) is 0 Å². The molecule has 158 valence electrons. The summed E-state index contributed by atoms with van der Waals surface area (Å²) in [5.74, 6) is -1.04. The lowest BCUT2D eigenvalue weighted by Gasteiger charge is -2.40. The van der Waals surface area contributed by atoms with E-state index < -0.39 is 11.8 Å². The van der Waals surface area contributed by atoms with E-state index in [9.17, 15) is 14.0 Å². The lowest BCUT2D eigenvalue weighted by Crippen LogP contribution is -2.45. The lowest BCUT2D eigenvalue weighted by atomic mass is 9.68. The smallest absolute Gasteiger partial charge is 0.175 e. The molecule has 0 spiro atoms. The Morgan fingerprint density at radius 2 is 1.84 bits per heavy atom. The highest BCUT2D eigenvalue weighted by Gasteiger charge is 2.45. The molecule has 2 aromatic rings. The van der Waals surface area contributed by atoms with Crippen LogP contribution in [0.2, 0.25) is 0 Å². The van der Waals surface area contributed by atoms with Crippen molar-refractivity contribution < 1.29 is 14.0 Å². The third kappa shape index (κ3) is 3.83. The monoisotopic (exact) mass is 480 g/mol. The van der Waals surface area contributed by atoms with Crippen LogP contribution in [0.15, 0.2) is 69.3 Å². The van der Waals surface area contributed by atoms with Gasteiger partial charge in [-0.1, -0.05) is 36.4 Å². The maximum Gasteiger partial charge on any atom is 0.175 e. The summed E-state index contributed by atoms with van der Waals surface area (Å²) in [6.07, 6.45) is 2.05. The van der Waals surface area contributed by atoms with Crippen LogP contribution in [-0.4, -0.2) is 35.3 Å². The number of carbonyl (C=O) groups is 2. The predicted octanol–water partition coefficient (Wildman–Crippen LogP) is 4.83. The van der Waals surface area contributed by atoms with E-state index in [-0.39, 0.29) is 17.4 Å². The van der Waals surface area contributed by atoms with Gasteiger partial charge in [0.1, 0.15) is 11.6 Å². The third-order valence-corrected chi connectivity index (χ3v) is 7.00. The fraction of sp³-hybridized carbons (Fsp3) is 0.320. The Morgan fingerprint density at radius 1 is 1.03 bits per heavy atom. The van der Waals surface area contributed by atoms with Gasteiger partial charge in [-0.05, 0) is 52.0 Å². The number of aliphatic imine (C=N–C) groups is 1. The van der Waals surface area contributed by atoms with Gasteiger partial charge in [-0.25, -0.2) is 4.39 Å². The SMILES string of the molecule is O=C1CN(Cc2ccccc2)CC2=C1C(c1ccc(F)c(Br)c1)C1C(=O)CCCC1=N2. The molecule has 0 N–H and O–H groups in total. The quantitative estimate of drug-likeness (QED) is 0.631. The first-order chi connectivity index (χ1) is 15.0. The number of fused-ring (bicyclic) bond motifs is 1. The molecule has 5 rings (SSSR count). The summed E-state index contributed by atoms with van der Waals surface area (Å²) in [7, 11) is 0. The molecule has 0 radical (unpaired) electrons. The number of hydrogen-bond acceptors (Lipinski definition) is 4. The van der Waals surface area contributed by atoms with Gasteiger partial charge in [-0.3, -0.25) is 19.5 Å². The number of halogens is 2. The zero-order valence-corrected chi connectivity index (χ0v) is 18.6. The predicted molar refractivity (Wildman–Crippen MR) is 120 cm³/mol. The van der Waals surface area contributed by atoms with Gasteiger partial charge in [0.25, 0.3) is 0 Å². The Balaban J connectivity index is 1.56. The zero-order chi connectivity index (χ0) is 21.5. The second-order valence-corrected chi connectivity index (χ2v) is 9.32. The molecule has 31 heavy (non-hydrogen) atoms. The third-order valence-electron chi connectivity index (χ3n) is 6.39. The van der Waals surface area contributed by atoms with Crippen molar-refractivity contribution in [3.63, 3.8) is 0 Å². The molecule has 2 aromatic carbocycles. The van der Waals surface area contributed by atoms with Crippen molar-refractivity contribution in [2.45, 2.75) is 31.7 Å². The molecule has 3 aliphatic rings. The minimum absolute atomic E-state index is 0.00352. The molecular formula is C25H22BrFN2O2. The summed E-state index contributed by atoms with van der Waals surface area (Å²) in [5, 5.41) is 0. The first-order valence-corrected chi connectivity index (χ1v) is 11.4. The number of hydrogen-bond donors (Lipinski definition) is 0. The van der Waals surface area contributed by atoms with E-state index in [2.05, 4.69) is 33.0 Å². The van der Waals surface area contributed by atoms with Gasteiger partial charge in [-0.2, -0.15) is 0 Å². The highest BCUT2D eigenvalue weighted by Crippen LogP contribution is 2.45. The number of ketones is 2. The van der Waals surface area contributed by atoms with Crippen LogP contribution in [0.3, 0.4) is 0 Å². The standard InChI is InChI=1S/C25H22BrFN2O2/c26-17-11-16(9-10-18(17)27)23-24-19(7-4-8-21(24)30)28-20-13-29(14-22(31)25(20)23)12-15-5-2-1-3-6-15/h1-3,5-6,9-11,23-24H,4,7-8,12-14H2. The number of nitrogens with zero attached hydrogens (tertiary/aromatic N) is 2. The molecule has 0 aromatic heterocycles. The van der Waals surface area contributed by atoms with E-state index >= 15 is 0 Å². The zero-order valence-electron chi connectivity index (χ0n) is 17.0. The minimum atomic E-state index is -0.422. The molecule has 6 heteroatoms. The van der Waals surface area contributed by atoms with Crippen LogP contribution in [0.25, 0.3) is 0 Å². The number of carbonyl (C=O) groups excluding carboxylic acids is 2. The Hall–Kier alpha value is -2.44. The Morgan fingerprint density at radius 3 is 2.61 bits per heavy atom. The van der Waals surface area contributed by atoms with Gasteiger partial charge in [0.15, 0.2) is 5.78 Å². The number of rotatable bonds is 3. The molecule has 0 saturated heterocycles. The largest absolute Gasteiger partial charge is 0.299 e. The van der Waals surface area contributed by atoms with Crippen molar-refractivity contribution in [2.75, 3.05) is 13.1 Å². The average molecular weight is 481 g/mol. The number of benzene rings is 2. The van der Waals surface area contributed by atoms with Crippen LogP contribution in [0, 0.1) is 11.7 Å². The van der Waals surface area contributed by atoms with E-state index in [0.717, 1.165) is 35.4 Å². The summed E-state index contributed by atoms with van der Waals surface area (Å²) in [6.45, 7) is 1.53. The van der Waals surface area contributed by atoms with Gasteiger partial charge < -0.3 is 0 Å². The van der Waals surface area contributed by atoms with Crippen LogP contribution < -0.4 is 0 Å². The van der Waals surface area contributed by atoms with Crippen molar-refractivity contribution >= 4 is 33.2 Å². The van der Waals surface area contributed by atoms with Gasteiger partial charge >= 0.3 is 0 Å². The van der Waals surface area contributed by atoms with E-state index in [1.165, 1.54) is 6.07 Å². The van der Waals surface area contributed by atoms with Crippen molar-refractivity contribution in [3.05, 3.63) is 81.2 Å². The summed E-state index contributed by atoms with van der Waals surface area (Å²) < 4.78 is 14.3. The van der Waals surface area contributed by atoms with E-state index in [4.69, 9.17) is 4.99 Å². The van der Waals surface area contributed by atoms with Crippen molar-refractivity contribution in [1.29, 1.82) is 0 Å². The molecule has 0 bridgehead atoms. The highest BCUT2D eigenvalue weighted by atomic mass is 79.9. The normalized spacial score (nSPS) is 24.0. The van der Waals surface area contributed by atoms with E-state index in [1.807, 2.05) is 18.2 Å². The highest BCUT2D eigenvalue weighted by molar-refractivity contribution is 9.10. The average Bonchev–Trinajstić information content (AvgIpc) is 2.75. The molecule has 2 heterocycles. The molecule has 1 aliphatic carbocycles. The van der Waals surface area contributed by atoms with Crippen molar-refractivity contribution in [1.82, 2.24) is 4.90 Å². The molecule has 0 amide bonds. The summed E-state index contributed by atoms with van der Waals surface area (Å²) >= 11 is 3.27. The summed E-state index contributed by atoms with van der Waals surface area (Å²) in [6, 6.07) is 14.9. The van der Waals surface area contributed by atoms with E-state index in [1.54, 1.807) is 12.1 Å². The Labute approximate surface area is 189 Å².